The van der Waals surface area contributed by atoms with Gasteiger partial charge in [0.2, 0.25) is 0 Å². The summed E-state index contributed by atoms with van der Waals surface area (Å²) in [5.41, 5.74) is -0.237. The number of aliphatic hydroxyl groups excluding tert-OH is 1. The molecule has 1 rings (SSSR count). The monoisotopic (exact) mass is 269 g/mol. The highest BCUT2D eigenvalue weighted by Gasteiger charge is 2.16. The summed E-state index contributed by atoms with van der Waals surface area (Å²) in [6, 6.07) is 9.74. The van der Waals surface area contributed by atoms with E-state index in [1.165, 1.54) is 6.92 Å². The molecule has 1 N–H and O–H groups in total. The molecule has 0 heterocycles. The first-order chi connectivity index (χ1) is 8.52. The number of benzene rings is 1. The van der Waals surface area contributed by atoms with Crippen LogP contribution in [0.2, 0.25) is 0 Å². The van der Waals surface area contributed by atoms with Gasteiger partial charge in [0.1, 0.15) is 0 Å². The maximum atomic E-state index is 11.3. The van der Waals surface area contributed by atoms with Crippen molar-refractivity contribution < 1.29 is 13.5 Å². The minimum absolute atomic E-state index is 0.0194. The molecule has 100 valence electrons. The van der Waals surface area contributed by atoms with Crippen molar-refractivity contribution in [2.24, 2.45) is 4.99 Å². The number of aliphatic imine (C=N–C) groups is 1. The van der Waals surface area contributed by atoms with E-state index in [1.807, 2.05) is 30.3 Å². The van der Waals surface area contributed by atoms with Gasteiger partial charge in [0.05, 0.1) is 5.75 Å². The minimum atomic E-state index is -3.33. The van der Waals surface area contributed by atoms with E-state index in [0.29, 0.717) is 19.4 Å². The number of sulfone groups is 1. The van der Waals surface area contributed by atoms with Crippen molar-refractivity contribution in [1.29, 1.82) is 0 Å². The predicted octanol–water partition coefficient (Wildman–Crippen LogP) is 1.64. The van der Waals surface area contributed by atoms with Gasteiger partial charge in [-0.1, -0.05) is 30.3 Å². The molecule has 1 aromatic rings. The van der Waals surface area contributed by atoms with Crippen molar-refractivity contribution in [1.82, 2.24) is 0 Å². The van der Waals surface area contributed by atoms with Crippen LogP contribution in [0.5, 0.6) is 0 Å². The van der Waals surface area contributed by atoms with Crippen LogP contribution in [0.25, 0.3) is 0 Å². The van der Waals surface area contributed by atoms with Crippen LogP contribution < -0.4 is 0 Å². The largest absolute Gasteiger partial charge is 0.377 e. The highest BCUT2D eigenvalue weighted by Crippen LogP contribution is 2.03. The average Bonchev–Trinajstić information content (AvgIpc) is 2.34. The molecule has 0 aromatic heterocycles. The van der Waals surface area contributed by atoms with Crippen LogP contribution in [0.3, 0.4) is 0 Å². The molecule has 18 heavy (non-hydrogen) atoms. The Morgan fingerprint density at radius 1 is 1.28 bits per heavy atom. The van der Waals surface area contributed by atoms with E-state index in [0.717, 1.165) is 5.56 Å². The van der Waals surface area contributed by atoms with E-state index >= 15 is 0 Å². The number of aliphatic hydroxyl groups is 1. The molecule has 0 saturated carbocycles. The van der Waals surface area contributed by atoms with Gasteiger partial charge in [0.15, 0.2) is 15.3 Å². The van der Waals surface area contributed by atoms with Crippen LogP contribution >= 0.6 is 0 Å². The lowest BCUT2D eigenvalue weighted by Crippen LogP contribution is -2.20. The molecule has 0 aliphatic carbocycles. The summed E-state index contributed by atoms with van der Waals surface area (Å²) in [7, 11) is -3.33. The molecule has 0 aliphatic heterocycles. The number of hydrogen-bond donors (Lipinski definition) is 1. The van der Waals surface area contributed by atoms with Crippen LogP contribution in [-0.2, 0) is 9.84 Å². The molecule has 1 aromatic carbocycles. The van der Waals surface area contributed by atoms with Crippen LogP contribution in [0.1, 0.15) is 25.3 Å². The Hall–Kier alpha value is -1.20. The highest BCUT2D eigenvalue weighted by molar-refractivity contribution is 7.91. The molecular weight excluding hydrogens is 250 g/mol. The standard InChI is InChI=1S/C13H19NO3S/c1-12(15)18(16,17)10-6-5-9-14-11-13-7-3-2-4-8-13/h2-4,7-8,11-12,15H,5-6,9-10H2,1H3. The quantitative estimate of drug-likeness (QED) is 0.604. The second-order valence-electron chi connectivity index (χ2n) is 4.12. The van der Waals surface area contributed by atoms with Gasteiger partial charge in [-0.05, 0) is 25.3 Å². The van der Waals surface area contributed by atoms with Crippen molar-refractivity contribution in [2.45, 2.75) is 25.2 Å². The maximum Gasteiger partial charge on any atom is 0.176 e. The Kier molecular flexibility index (Phi) is 6.01. The van der Waals surface area contributed by atoms with Crippen molar-refractivity contribution in [2.75, 3.05) is 12.3 Å². The van der Waals surface area contributed by atoms with Gasteiger partial charge in [-0.2, -0.15) is 0 Å². The average molecular weight is 269 g/mol. The molecule has 0 bridgehead atoms. The Morgan fingerprint density at radius 2 is 1.94 bits per heavy atom. The summed E-state index contributed by atoms with van der Waals surface area (Å²) in [5, 5.41) is 9.01. The lowest BCUT2D eigenvalue weighted by Gasteiger charge is -2.05. The normalized spacial score (nSPS) is 13.9. The zero-order chi connectivity index (χ0) is 13.4. The molecule has 0 amide bonds. The predicted molar refractivity (Wildman–Crippen MR) is 73.6 cm³/mol. The summed E-state index contributed by atoms with van der Waals surface area (Å²) in [6.45, 7) is 1.88. The van der Waals surface area contributed by atoms with E-state index in [1.54, 1.807) is 6.21 Å². The molecule has 4 nitrogen and oxygen atoms in total. The van der Waals surface area contributed by atoms with Gasteiger partial charge in [-0.15, -0.1) is 0 Å². The number of hydrogen-bond acceptors (Lipinski definition) is 4. The number of rotatable bonds is 7. The third-order valence-corrected chi connectivity index (χ3v) is 4.42. The second kappa shape index (κ2) is 7.28. The lowest BCUT2D eigenvalue weighted by atomic mass is 10.2. The number of nitrogens with zero attached hydrogens (tertiary/aromatic N) is 1. The molecule has 0 saturated heterocycles. The molecular formula is C13H19NO3S. The van der Waals surface area contributed by atoms with Gasteiger partial charge < -0.3 is 5.11 Å². The summed E-state index contributed by atoms with van der Waals surface area (Å²) in [4.78, 5) is 4.22. The zero-order valence-corrected chi connectivity index (χ0v) is 11.3. The molecule has 0 aliphatic rings. The second-order valence-corrected chi connectivity index (χ2v) is 6.54. The van der Waals surface area contributed by atoms with Crippen molar-refractivity contribution >= 4 is 16.1 Å². The van der Waals surface area contributed by atoms with E-state index in [9.17, 15) is 8.42 Å². The van der Waals surface area contributed by atoms with Gasteiger partial charge in [0, 0.05) is 12.8 Å². The van der Waals surface area contributed by atoms with Gasteiger partial charge in [-0.25, -0.2) is 8.42 Å². The maximum absolute atomic E-state index is 11.3. The summed E-state index contributed by atoms with van der Waals surface area (Å²) >= 11 is 0. The van der Waals surface area contributed by atoms with Crippen LogP contribution in [0.4, 0.5) is 0 Å². The third-order valence-electron chi connectivity index (χ3n) is 2.53. The fraction of sp³-hybridized carbons (Fsp3) is 0.462. The minimum Gasteiger partial charge on any atom is -0.377 e. The molecule has 0 spiro atoms. The highest BCUT2D eigenvalue weighted by atomic mass is 32.2. The molecule has 0 radical (unpaired) electrons. The van der Waals surface area contributed by atoms with E-state index in [2.05, 4.69) is 4.99 Å². The van der Waals surface area contributed by atoms with Crippen molar-refractivity contribution in [3.05, 3.63) is 35.9 Å². The third kappa shape index (κ3) is 5.42. The topological polar surface area (TPSA) is 66.7 Å². The Labute approximate surface area is 108 Å². The van der Waals surface area contributed by atoms with Gasteiger partial charge in [-0.3, -0.25) is 4.99 Å². The lowest BCUT2D eigenvalue weighted by molar-refractivity contribution is 0.268. The van der Waals surface area contributed by atoms with Crippen molar-refractivity contribution in [3.8, 4) is 0 Å². The molecule has 5 heteroatoms. The summed E-state index contributed by atoms with van der Waals surface area (Å²) < 4.78 is 22.6. The first kappa shape index (κ1) is 14.9. The van der Waals surface area contributed by atoms with Gasteiger partial charge in [0.25, 0.3) is 0 Å². The Balaban J connectivity index is 2.22. The Bertz CT molecular complexity index is 466. The summed E-state index contributed by atoms with van der Waals surface area (Å²) in [5.74, 6) is 0.0194. The summed E-state index contributed by atoms with van der Waals surface area (Å²) in [6.07, 6.45) is 3.01. The smallest absolute Gasteiger partial charge is 0.176 e. The van der Waals surface area contributed by atoms with E-state index in [-0.39, 0.29) is 5.75 Å². The van der Waals surface area contributed by atoms with Gasteiger partial charge >= 0.3 is 0 Å². The first-order valence-corrected chi connectivity index (χ1v) is 7.68. The number of unbranched alkanes of at least 4 members (excludes halogenated alkanes) is 1. The SMILES string of the molecule is CC(O)S(=O)(=O)CCCCN=Cc1ccccc1. The van der Waals surface area contributed by atoms with Crippen molar-refractivity contribution in [3.63, 3.8) is 0 Å². The van der Waals surface area contributed by atoms with Crippen LogP contribution in [0.15, 0.2) is 35.3 Å². The Morgan fingerprint density at radius 3 is 2.56 bits per heavy atom. The fourth-order valence-corrected chi connectivity index (χ4v) is 2.33. The zero-order valence-electron chi connectivity index (χ0n) is 10.5. The first-order valence-electron chi connectivity index (χ1n) is 5.97. The molecule has 1 unspecified atom stereocenters. The van der Waals surface area contributed by atoms with E-state index in [4.69, 9.17) is 5.11 Å². The fourth-order valence-electron chi connectivity index (χ4n) is 1.39. The van der Waals surface area contributed by atoms with Crippen LogP contribution in [-0.4, -0.2) is 37.5 Å². The van der Waals surface area contributed by atoms with E-state index < -0.39 is 15.3 Å². The van der Waals surface area contributed by atoms with Crippen LogP contribution in [0, 0.1) is 0 Å². The molecule has 0 fully saturated rings. The molecule has 1 atom stereocenters.